The number of rotatable bonds is 5. The number of nitrogens with zero attached hydrogens (tertiary/aromatic N) is 1. The summed E-state index contributed by atoms with van der Waals surface area (Å²) in [7, 11) is 4.00. The molecule has 0 radical (unpaired) electrons. The first kappa shape index (κ1) is 19.7. The zero-order chi connectivity index (χ0) is 17.8. The minimum atomic E-state index is -0.875. The van der Waals surface area contributed by atoms with Crippen molar-refractivity contribution in [1.29, 1.82) is 0 Å². The van der Waals surface area contributed by atoms with E-state index in [0.717, 1.165) is 19.4 Å². The fourth-order valence-corrected chi connectivity index (χ4v) is 3.49. The summed E-state index contributed by atoms with van der Waals surface area (Å²) in [5.41, 5.74) is -1.22. The lowest BCUT2D eigenvalue weighted by Crippen LogP contribution is -2.68. The Morgan fingerprint density at radius 3 is 2.35 bits per heavy atom. The molecule has 2 amide bonds. The number of carbonyl (C=O) groups is 2. The molecular weight excluding hydrogens is 290 g/mol. The van der Waals surface area contributed by atoms with Crippen LogP contribution in [0.1, 0.15) is 47.0 Å². The molecule has 1 rings (SSSR count). The molecule has 5 nitrogen and oxygen atoms in total. The summed E-state index contributed by atoms with van der Waals surface area (Å²) in [6.07, 6.45) is 4.42. The zero-order valence-corrected chi connectivity index (χ0v) is 15.5. The highest BCUT2D eigenvalue weighted by atomic mass is 16.2. The number of hydrogen-bond acceptors (Lipinski definition) is 3. The molecule has 1 aliphatic rings. The molecule has 23 heavy (non-hydrogen) atoms. The van der Waals surface area contributed by atoms with Crippen molar-refractivity contribution in [1.82, 2.24) is 15.5 Å². The summed E-state index contributed by atoms with van der Waals surface area (Å²) in [4.78, 5) is 27.1. The fourth-order valence-electron chi connectivity index (χ4n) is 3.49. The predicted octanol–water partition coefficient (Wildman–Crippen LogP) is 1.94. The SMILES string of the molecule is C=C[C@@H]1CC[C@H](CN(C)C)[C@@](NC(C)=O)(C(=O)NC(C)(C)C)C1. The van der Waals surface area contributed by atoms with Gasteiger partial charge in [-0.15, -0.1) is 6.58 Å². The van der Waals surface area contributed by atoms with E-state index in [1.165, 1.54) is 6.92 Å². The van der Waals surface area contributed by atoms with Gasteiger partial charge in [-0.3, -0.25) is 9.59 Å². The van der Waals surface area contributed by atoms with Crippen LogP contribution in [0.3, 0.4) is 0 Å². The highest BCUT2D eigenvalue weighted by molar-refractivity contribution is 5.92. The smallest absolute Gasteiger partial charge is 0.246 e. The van der Waals surface area contributed by atoms with Gasteiger partial charge in [0.25, 0.3) is 0 Å². The van der Waals surface area contributed by atoms with Gasteiger partial charge in [0.1, 0.15) is 5.54 Å². The van der Waals surface area contributed by atoms with Gasteiger partial charge >= 0.3 is 0 Å². The van der Waals surface area contributed by atoms with Gasteiger partial charge < -0.3 is 15.5 Å². The monoisotopic (exact) mass is 323 g/mol. The molecule has 3 atom stereocenters. The van der Waals surface area contributed by atoms with Crippen molar-refractivity contribution < 1.29 is 9.59 Å². The summed E-state index contributed by atoms with van der Waals surface area (Å²) in [6.45, 7) is 12.0. The van der Waals surface area contributed by atoms with E-state index in [-0.39, 0.29) is 29.2 Å². The fraction of sp³-hybridized carbons (Fsp3) is 0.778. The molecule has 0 bridgehead atoms. The molecule has 0 saturated heterocycles. The van der Waals surface area contributed by atoms with Crippen LogP contribution in [0.25, 0.3) is 0 Å². The molecule has 0 heterocycles. The van der Waals surface area contributed by atoms with Crippen LogP contribution in [0.4, 0.5) is 0 Å². The Kier molecular flexibility index (Phi) is 6.40. The third-order valence-electron chi connectivity index (χ3n) is 4.38. The van der Waals surface area contributed by atoms with E-state index >= 15 is 0 Å². The molecule has 5 heteroatoms. The standard InChI is InChI=1S/C18H33N3O2/c1-8-14-9-10-15(12-21(6)7)18(11-14,19-13(2)22)16(23)20-17(3,4)5/h8,14-15H,1,9-12H2,2-7H3,(H,19,22)(H,20,23)/t14-,15-,18-/m1/s1. The Hall–Kier alpha value is -1.36. The van der Waals surface area contributed by atoms with Crippen molar-refractivity contribution in [3.05, 3.63) is 12.7 Å². The predicted molar refractivity (Wildman–Crippen MR) is 94.0 cm³/mol. The molecule has 132 valence electrons. The molecule has 0 aromatic rings. The van der Waals surface area contributed by atoms with Crippen LogP contribution in [0.2, 0.25) is 0 Å². The van der Waals surface area contributed by atoms with Gasteiger partial charge in [-0.25, -0.2) is 0 Å². The Morgan fingerprint density at radius 2 is 1.91 bits per heavy atom. The molecule has 0 spiro atoms. The topological polar surface area (TPSA) is 61.4 Å². The highest BCUT2D eigenvalue weighted by Crippen LogP contribution is 2.39. The molecule has 0 unspecified atom stereocenters. The third-order valence-corrected chi connectivity index (χ3v) is 4.38. The number of hydrogen-bond donors (Lipinski definition) is 2. The quantitative estimate of drug-likeness (QED) is 0.760. The van der Waals surface area contributed by atoms with Crippen molar-refractivity contribution in [3.8, 4) is 0 Å². The molecule has 0 aromatic carbocycles. The third kappa shape index (κ3) is 5.34. The highest BCUT2D eigenvalue weighted by Gasteiger charge is 2.50. The van der Waals surface area contributed by atoms with Crippen LogP contribution in [0.15, 0.2) is 12.7 Å². The normalized spacial score (nSPS) is 28.3. The Morgan fingerprint density at radius 1 is 1.30 bits per heavy atom. The van der Waals surface area contributed by atoms with Gasteiger partial charge in [-0.2, -0.15) is 0 Å². The minimum absolute atomic E-state index is 0.0833. The van der Waals surface area contributed by atoms with Gasteiger partial charge in [-0.1, -0.05) is 6.08 Å². The van der Waals surface area contributed by atoms with E-state index in [1.54, 1.807) is 0 Å². The second-order valence-electron chi connectivity index (χ2n) is 8.09. The van der Waals surface area contributed by atoms with Crippen LogP contribution >= 0.6 is 0 Å². The van der Waals surface area contributed by atoms with Gasteiger partial charge in [0.2, 0.25) is 11.8 Å². The van der Waals surface area contributed by atoms with Gasteiger partial charge in [0.05, 0.1) is 0 Å². The van der Waals surface area contributed by atoms with Crippen molar-refractivity contribution in [2.24, 2.45) is 11.8 Å². The average Bonchev–Trinajstić information content (AvgIpc) is 2.37. The maximum atomic E-state index is 13.1. The van der Waals surface area contributed by atoms with E-state index in [9.17, 15) is 9.59 Å². The lowest BCUT2D eigenvalue weighted by Gasteiger charge is -2.47. The number of allylic oxidation sites excluding steroid dienone is 1. The molecule has 2 N–H and O–H groups in total. The Bertz CT molecular complexity index is 454. The molecule has 0 aromatic heterocycles. The van der Waals surface area contributed by atoms with Crippen LogP contribution in [-0.2, 0) is 9.59 Å². The van der Waals surface area contributed by atoms with Crippen LogP contribution in [0, 0.1) is 11.8 Å². The van der Waals surface area contributed by atoms with E-state index in [0.29, 0.717) is 6.42 Å². The van der Waals surface area contributed by atoms with Gasteiger partial charge in [0.15, 0.2) is 0 Å². The van der Waals surface area contributed by atoms with Crippen molar-refractivity contribution >= 4 is 11.8 Å². The lowest BCUT2D eigenvalue weighted by atomic mass is 9.67. The Balaban J connectivity index is 3.23. The van der Waals surface area contributed by atoms with Crippen molar-refractivity contribution in [2.45, 2.75) is 58.0 Å². The van der Waals surface area contributed by atoms with Crippen LogP contribution in [0.5, 0.6) is 0 Å². The average molecular weight is 323 g/mol. The largest absolute Gasteiger partial charge is 0.349 e. The van der Waals surface area contributed by atoms with Gasteiger partial charge in [-0.05, 0) is 60.0 Å². The second-order valence-corrected chi connectivity index (χ2v) is 8.09. The lowest BCUT2D eigenvalue weighted by molar-refractivity contribution is -0.139. The van der Waals surface area contributed by atoms with Crippen LogP contribution < -0.4 is 10.6 Å². The summed E-state index contributed by atoms with van der Waals surface area (Å²) in [5.74, 6) is 0.0760. The summed E-state index contributed by atoms with van der Waals surface area (Å²) in [6, 6.07) is 0. The Labute approximate surface area is 140 Å². The van der Waals surface area contributed by atoms with E-state index < -0.39 is 5.54 Å². The summed E-state index contributed by atoms with van der Waals surface area (Å²) in [5, 5.41) is 6.09. The number of carbonyl (C=O) groups excluding carboxylic acids is 2. The zero-order valence-electron chi connectivity index (χ0n) is 15.5. The first-order chi connectivity index (χ1) is 10.5. The van der Waals surface area contributed by atoms with Gasteiger partial charge in [0, 0.05) is 24.9 Å². The number of amides is 2. The molecule has 1 saturated carbocycles. The molecule has 0 aliphatic heterocycles. The van der Waals surface area contributed by atoms with Crippen molar-refractivity contribution in [2.75, 3.05) is 20.6 Å². The van der Waals surface area contributed by atoms with Crippen LogP contribution in [-0.4, -0.2) is 48.4 Å². The molecule has 1 fully saturated rings. The maximum Gasteiger partial charge on any atom is 0.246 e. The van der Waals surface area contributed by atoms with E-state index in [1.807, 2.05) is 40.9 Å². The first-order valence-corrected chi connectivity index (χ1v) is 8.39. The van der Waals surface area contributed by atoms with E-state index in [4.69, 9.17) is 0 Å². The van der Waals surface area contributed by atoms with E-state index in [2.05, 4.69) is 22.1 Å². The molecule has 1 aliphatic carbocycles. The second kappa shape index (κ2) is 7.47. The molecular formula is C18H33N3O2. The minimum Gasteiger partial charge on any atom is -0.349 e. The first-order valence-electron chi connectivity index (χ1n) is 8.39. The van der Waals surface area contributed by atoms with Crippen molar-refractivity contribution in [3.63, 3.8) is 0 Å². The summed E-state index contributed by atoms with van der Waals surface area (Å²) >= 11 is 0. The number of nitrogens with one attached hydrogen (secondary N) is 2. The summed E-state index contributed by atoms with van der Waals surface area (Å²) < 4.78 is 0. The maximum absolute atomic E-state index is 13.1.